The number of H-pyrrole nitrogens is 1. The first kappa shape index (κ1) is 19.3. The largest absolute Gasteiger partial charge is 0.377 e. The molecule has 1 aromatic rings. The molecule has 1 fully saturated rings. The Morgan fingerprint density at radius 1 is 1.33 bits per heavy atom. The van der Waals surface area contributed by atoms with Crippen molar-refractivity contribution >= 4 is 11.8 Å². The van der Waals surface area contributed by atoms with Gasteiger partial charge in [0.2, 0.25) is 5.91 Å². The molecule has 2 amide bonds. The lowest BCUT2D eigenvalue weighted by Crippen LogP contribution is -2.51. The second-order valence-electron chi connectivity index (χ2n) is 7.40. The van der Waals surface area contributed by atoms with Crippen LogP contribution in [0.5, 0.6) is 0 Å². The zero-order chi connectivity index (χ0) is 19.4. The van der Waals surface area contributed by atoms with Crippen molar-refractivity contribution in [3.05, 3.63) is 40.1 Å². The molecule has 3 rings (SSSR count). The van der Waals surface area contributed by atoms with Crippen LogP contribution >= 0.6 is 0 Å². The van der Waals surface area contributed by atoms with Crippen LogP contribution in [0.25, 0.3) is 0 Å². The Morgan fingerprint density at radius 2 is 2.07 bits per heavy atom. The number of hydrogen-bond acceptors (Lipinski definition) is 5. The van der Waals surface area contributed by atoms with Crippen molar-refractivity contribution in [3.63, 3.8) is 0 Å². The van der Waals surface area contributed by atoms with E-state index in [0.29, 0.717) is 50.9 Å². The highest BCUT2D eigenvalue weighted by molar-refractivity contribution is 5.93. The Hall–Kier alpha value is -2.48. The van der Waals surface area contributed by atoms with Crippen molar-refractivity contribution in [1.82, 2.24) is 19.8 Å². The second kappa shape index (κ2) is 8.47. The Kier molecular flexibility index (Phi) is 6.05. The highest BCUT2D eigenvalue weighted by Gasteiger charge is 2.32. The number of rotatable bonds is 5. The first-order valence-electron chi connectivity index (χ1n) is 9.35. The van der Waals surface area contributed by atoms with Crippen LogP contribution in [0, 0.1) is 5.92 Å². The van der Waals surface area contributed by atoms with E-state index in [1.165, 1.54) is 0 Å². The normalized spacial score (nSPS) is 19.7. The maximum absolute atomic E-state index is 13.0. The highest BCUT2D eigenvalue weighted by atomic mass is 16.5. The zero-order valence-corrected chi connectivity index (χ0v) is 15.8. The van der Waals surface area contributed by atoms with Crippen molar-refractivity contribution in [1.29, 1.82) is 0 Å². The highest BCUT2D eigenvalue weighted by Crippen LogP contribution is 2.16. The molecule has 2 aliphatic heterocycles. The summed E-state index contributed by atoms with van der Waals surface area (Å²) in [6.45, 7) is 6.38. The SMILES string of the molecule is CC(C)Cc1cc(C(=O)N2CCOCC2CC(=O)N2CC=CC2)nc(=O)[nH]1. The minimum atomic E-state index is -0.527. The molecule has 8 nitrogen and oxygen atoms in total. The zero-order valence-electron chi connectivity index (χ0n) is 15.8. The van der Waals surface area contributed by atoms with E-state index in [-0.39, 0.29) is 30.0 Å². The molecule has 27 heavy (non-hydrogen) atoms. The van der Waals surface area contributed by atoms with Crippen LogP contribution in [0.1, 0.15) is 36.5 Å². The Morgan fingerprint density at radius 3 is 2.78 bits per heavy atom. The van der Waals surface area contributed by atoms with Gasteiger partial charge in [-0.05, 0) is 18.4 Å². The fourth-order valence-electron chi connectivity index (χ4n) is 3.42. The van der Waals surface area contributed by atoms with E-state index in [1.807, 2.05) is 26.0 Å². The quantitative estimate of drug-likeness (QED) is 0.762. The predicted octanol–water partition coefficient (Wildman–Crippen LogP) is 0.598. The van der Waals surface area contributed by atoms with Crippen molar-refractivity contribution < 1.29 is 14.3 Å². The molecule has 8 heteroatoms. The number of hydrogen-bond donors (Lipinski definition) is 1. The summed E-state index contributed by atoms with van der Waals surface area (Å²) in [6, 6.07) is 1.29. The van der Waals surface area contributed by atoms with Crippen LogP contribution in [0.4, 0.5) is 0 Å². The molecule has 0 saturated carbocycles. The predicted molar refractivity (Wildman–Crippen MR) is 99.4 cm³/mol. The van der Waals surface area contributed by atoms with Gasteiger partial charge in [-0.25, -0.2) is 4.79 Å². The van der Waals surface area contributed by atoms with Crippen LogP contribution in [0.15, 0.2) is 23.0 Å². The Bertz CT molecular complexity index is 778. The molecule has 1 atom stereocenters. The van der Waals surface area contributed by atoms with Gasteiger partial charge in [-0.2, -0.15) is 4.98 Å². The molecular weight excluding hydrogens is 348 g/mol. The molecule has 0 aromatic carbocycles. The second-order valence-corrected chi connectivity index (χ2v) is 7.40. The van der Waals surface area contributed by atoms with Crippen LogP contribution in [0.3, 0.4) is 0 Å². The molecule has 1 saturated heterocycles. The Labute approximate surface area is 158 Å². The molecule has 0 bridgehead atoms. The molecule has 146 valence electrons. The van der Waals surface area contributed by atoms with E-state index >= 15 is 0 Å². The van der Waals surface area contributed by atoms with Gasteiger partial charge in [0.1, 0.15) is 5.69 Å². The monoisotopic (exact) mass is 374 g/mol. The van der Waals surface area contributed by atoms with Gasteiger partial charge in [-0.3, -0.25) is 9.59 Å². The number of aromatic amines is 1. The minimum absolute atomic E-state index is 0.00679. The van der Waals surface area contributed by atoms with Gasteiger partial charge < -0.3 is 19.5 Å². The summed E-state index contributed by atoms with van der Waals surface area (Å²) in [5, 5.41) is 0. The molecule has 0 aliphatic carbocycles. The standard InChI is InChI=1S/C19H26N4O4/c1-13(2)9-14-10-16(21-19(26)20-14)18(25)23-7-8-27-12-15(23)11-17(24)22-5-3-4-6-22/h3-4,10,13,15H,5-9,11-12H2,1-2H3,(H,20,21,26). The third-order valence-electron chi connectivity index (χ3n) is 4.72. The molecule has 2 aliphatic rings. The van der Waals surface area contributed by atoms with Gasteiger partial charge in [0.15, 0.2) is 0 Å². The van der Waals surface area contributed by atoms with E-state index in [0.717, 1.165) is 0 Å². The Balaban J connectivity index is 1.75. The fourth-order valence-corrected chi connectivity index (χ4v) is 3.42. The number of carbonyl (C=O) groups excluding carboxylic acids is 2. The fraction of sp³-hybridized carbons (Fsp3) is 0.579. The number of carbonyl (C=O) groups is 2. The van der Waals surface area contributed by atoms with Crippen molar-refractivity contribution in [3.8, 4) is 0 Å². The molecule has 0 radical (unpaired) electrons. The summed E-state index contributed by atoms with van der Waals surface area (Å²) >= 11 is 0. The number of morpholine rings is 1. The van der Waals surface area contributed by atoms with Gasteiger partial charge >= 0.3 is 5.69 Å². The molecule has 0 spiro atoms. The number of amides is 2. The summed E-state index contributed by atoms with van der Waals surface area (Å²) in [6.07, 6.45) is 4.77. The summed E-state index contributed by atoms with van der Waals surface area (Å²) in [5.74, 6) is 0.00764. The molecule has 1 unspecified atom stereocenters. The van der Waals surface area contributed by atoms with Crippen molar-refractivity contribution in [2.75, 3.05) is 32.8 Å². The van der Waals surface area contributed by atoms with E-state index < -0.39 is 5.69 Å². The lowest BCUT2D eigenvalue weighted by Gasteiger charge is -2.35. The molecule has 3 heterocycles. The van der Waals surface area contributed by atoms with Gasteiger partial charge in [-0.15, -0.1) is 0 Å². The first-order chi connectivity index (χ1) is 12.9. The average Bonchev–Trinajstić information content (AvgIpc) is 3.15. The van der Waals surface area contributed by atoms with E-state index in [2.05, 4.69) is 9.97 Å². The van der Waals surface area contributed by atoms with Gasteiger partial charge in [0.25, 0.3) is 5.91 Å². The van der Waals surface area contributed by atoms with Gasteiger partial charge in [0.05, 0.1) is 19.3 Å². The van der Waals surface area contributed by atoms with Gasteiger partial charge in [-0.1, -0.05) is 26.0 Å². The maximum atomic E-state index is 13.0. The lowest BCUT2D eigenvalue weighted by molar-refractivity contribution is -0.132. The molecular formula is C19H26N4O4. The van der Waals surface area contributed by atoms with Crippen molar-refractivity contribution in [2.24, 2.45) is 5.92 Å². The van der Waals surface area contributed by atoms with Gasteiger partial charge in [0, 0.05) is 31.7 Å². The number of aromatic nitrogens is 2. The van der Waals surface area contributed by atoms with E-state index in [4.69, 9.17) is 4.74 Å². The van der Waals surface area contributed by atoms with Crippen LogP contribution in [-0.2, 0) is 16.0 Å². The van der Waals surface area contributed by atoms with E-state index in [9.17, 15) is 14.4 Å². The topological polar surface area (TPSA) is 95.6 Å². The summed E-state index contributed by atoms with van der Waals surface area (Å²) < 4.78 is 5.49. The summed E-state index contributed by atoms with van der Waals surface area (Å²) in [4.78, 5) is 47.3. The average molecular weight is 374 g/mol. The summed E-state index contributed by atoms with van der Waals surface area (Å²) in [7, 11) is 0. The summed E-state index contributed by atoms with van der Waals surface area (Å²) in [5.41, 5.74) is 0.287. The molecule has 1 aromatic heterocycles. The smallest absolute Gasteiger partial charge is 0.345 e. The number of nitrogens with zero attached hydrogens (tertiary/aromatic N) is 3. The number of nitrogens with one attached hydrogen (secondary N) is 1. The molecule has 1 N–H and O–H groups in total. The van der Waals surface area contributed by atoms with E-state index in [1.54, 1.807) is 15.9 Å². The lowest BCUT2D eigenvalue weighted by atomic mass is 10.1. The van der Waals surface area contributed by atoms with Crippen LogP contribution in [0.2, 0.25) is 0 Å². The number of ether oxygens (including phenoxy) is 1. The third kappa shape index (κ3) is 4.82. The van der Waals surface area contributed by atoms with Crippen molar-refractivity contribution in [2.45, 2.75) is 32.7 Å². The minimum Gasteiger partial charge on any atom is -0.377 e. The van der Waals surface area contributed by atoms with Crippen LogP contribution < -0.4 is 5.69 Å². The van der Waals surface area contributed by atoms with Crippen LogP contribution in [-0.4, -0.2) is 70.5 Å². The first-order valence-corrected chi connectivity index (χ1v) is 9.35. The maximum Gasteiger partial charge on any atom is 0.345 e. The third-order valence-corrected chi connectivity index (χ3v) is 4.72.